The van der Waals surface area contributed by atoms with Gasteiger partial charge in [0, 0.05) is 0 Å². The van der Waals surface area contributed by atoms with Gasteiger partial charge in [-0.1, -0.05) is 0 Å². The molecule has 1 aromatic rings. The molecule has 1 aromatic heterocycles. The van der Waals surface area contributed by atoms with Crippen LogP contribution in [0.5, 0.6) is 0 Å². The van der Waals surface area contributed by atoms with Crippen molar-refractivity contribution in [3.8, 4) is 0 Å². The van der Waals surface area contributed by atoms with Gasteiger partial charge in [-0.25, -0.2) is 9.59 Å². The number of aromatic amines is 2. The monoisotopic (exact) mass is 173 g/mol. The van der Waals surface area contributed by atoms with E-state index in [1.807, 2.05) is 0 Å². The van der Waals surface area contributed by atoms with Crippen molar-refractivity contribution in [2.24, 2.45) is 0 Å². The van der Waals surface area contributed by atoms with Crippen LogP contribution in [0.3, 0.4) is 0 Å². The smallest absolute Gasteiger partial charge is 0.411 e. The number of imidazole rings is 1. The van der Waals surface area contributed by atoms with Gasteiger partial charge < -0.3 is 15.2 Å². The van der Waals surface area contributed by atoms with E-state index in [4.69, 9.17) is 5.11 Å². The molecule has 0 aliphatic rings. The molecule has 0 radical (unpaired) electrons. The van der Waals surface area contributed by atoms with Gasteiger partial charge in [0.15, 0.2) is 0 Å². The second-order valence-corrected chi connectivity index (χ2v) is 1.86. The summed E-state index contributed by atoms with van der Waals surface area (Å²) in [7, 11) is 0. The molecule has 0 saturated heterocycles. The standard InChI is InChI=1S/C4H3N3O5/c8-3(9)1-2(7(11)12)6-4(10)5-1/h(H,8,9)(H2,5,6,10). The molecule has 0 atom stereocenters. The summed E-state index contributed by atoms with van der Waals surface area (Å²) in [4.78, 5) is 33.3. The molecule has 12 heavy (non-hydrogen) atoms. The Morgan fingerprint density at radius 2 is 2.08 bits per heavy atom. The summed E-state index contributed by atoms with van der Waals surface area (Å²) >= 11 is 0. The summed E-state index contributed by atoms with van der Waals surface area (Å²) in [6.07, 6.45) is 0. The molecule has 0 unspecified atom stereocenters. The van der Waals surface area contributed by atoms with Gasteiger partial charge in [0.1, 0.15) is 0 Å². The number of carboxylic acid groups (broad SMARTS) is 1. The summed E-state index contributed by atoms with van der Waals surface area (Å²) in [6, 6.07) is 0. The summed E-state index contributed by atoms with van der Waals surface area (Å²) in [5.74, 6) is -2.40. The van der Waals surface area contributed by atoms with Gasteiger partial charge in [0.25, 0.3) is 0 Å². The first-order valence-electron chi connectivity index (χ1n) is 2.72. The van der Waals surface area contributed by atoms with E-state index in [2.05, 4.69) is 0 Å². The van der Waals surface area contributed by atoms with Gasteiger partial charge >= 0.3 is 17.5 Å². The number of hydrogen-bond donors (Lipinski definition) is 3. The number of aromatic carboxylic acids is 1. The van der Waals surface area contributed by atoms with Crippen molar-refractivity contribution in [3.63, 3.8) is 0 Å². The predicted octanol–water partition coefficient (Wildman–Crippen LogP) is -0.691. The first-order valence-corrected chi connectivity index (χ1v) is 2.72. The van der Waals surface area contributed by atoms with Crippen LogP contribution in [0.1, 0.15) is 10.5 Å². The number of hydrogen-bond acceptors (Lipinski definition) is 4. The molecule has 0 aliphatic carbocycles. The molecule has 8 nitrogen and oxygen atoms in total. The average molecular weight is 173 g/mol. The lowest BCUT2D eigenvalue weighted by atomic mass is 10.4. The van der Waals surface area contributed by atoms with Crippen molar-refractivity contribution < 1.29 is 14.8 Å². The van der Waals surface area contributed by atoms with Crippen LogP contribution in [-0.4, -0.2) is 26.0 Å². The molecular weight excluding hydrogens is 170 g/mol. The predicted molar refractivity (Wildman–Crippen MR) is 35.0 cm³/mol. The number of carboxylic acids is 1. The highest BCUT2D eigenvalue weighted by Gasteiger charge is 2.22. The topological polar surface area (TPSA) is 129 Å². The number of nitrogens with zero attached hydrogens (tertiary/aromatic N) is 1. The van der Waals surface area contributed by atoms with Crippen molar-refractivity contribution in [3.05, 3.63) is 26.3 Å². The summed E-state index contributed by atoms with van der Waals surface area (Å²) < 4.78 is 0. The van der Waals surface area contributed by atoms with E-state index in [-0.39, 0.29) is 0 Å². The van der Waals surface area contributed by atoms with Crippen molar-refractivity contribution in [2.75, 3.05) is 0 Å². The molecule has 0 aliphatic heterocycles. The van der Waals surface area contributed by atoms with E-state index in [1.54, 1.807) is 9.97 Å². The Labute approximate surface area is 64.0 Å². The number of H-pyrrole nitrogens is 2. The van der Waals surface area contributed by atoms with Crippen molar-refractivity contribution >= 4 is 11.8 Å². The van der Waals surface area contributed by atoms with Crippen LogP contribution in [-0.2, 0) is 0 Å². The average Bonchev–Trinajstić information content (AvgIpc) is 2.31. The van der Waals surface area contributed by atoms with Gasteiger partial charge in [-0.2, -0.15) is 4.98 Å². The van der Waals surface area contributed by atoms with Crippen molar-refractivity contribution in [2.45, 2.75) is 0 Å². The molecule has 3 N–H and O–H groups in total. The van der Waals surface area contributed by atoms with Crippen LogP contribution in [0.2, 0.25) is 0 Å². The molecule has 0 fully saturated rings. The molecule has 1 rings (SSSR count). The lowest BCUT2D eigenvalue weighted by Crippen LogP contribution is -2.04. The molecule has 0 aromatic carbocycles. The Morgan fingerprint density at radius 1 is 1.50 bits per heavy atom. The third-order valence-electron chi connectivity index (χ3n) is 1.10. The Morgan fingerprint density at radius 3 is 2.42 bits per heavy atom. The molecule has 0 bridgehead atoms. The molecule has 0 spiro atoms. The zero-order valence-corrected chi connectivity index (χ0v) is 5.53. The van der Waals surface area contributed by atoms with Crippen molar-refractivity contribution in [1.82, 2.24) is 9.97 Å². The van der Waals surface area contributed by atoms with E-state index < -0.39 is 28.1 Å². The molecule has 0 amide bonds. The lowest BCUT2D eigenvalue weighted by molar-refractivity contribution is -0.389. The quantitative estimate of drug-likeness (QED) is 0.402. The van der Waals surface area contributed by atoms with Crippen LogP contribution in [0, 0.1) is 10.1 Å². The van der Waals surface area contributed by atoms with Gasteiger partial charge in [0.05, 0.1) is 0 Å². The summed E-state index contributed by atoms with van der Waals surface area (Å²) in [5.41, 5.74) is -1.66. The third kappa shape index (κ3) is 1.17. The Balaban J connectivity index is 3.36. The highest BCUT2D eigenvalue weighted by Crippen LogP contribution is 2.08. The van der Waals surface area contributed by atoms with E-state index >= 15 is 0 Å². The van der Waals surface area contributed by atoms with Crippen LogP contribution < -0.4 is 5.69 Å². The highest BCUT2D eigenvalue weighted by molar-refractivity contribution is 5.89. The second kappa shape index (κ2) is 2.49. The minimum absolute atomic E-state index is 0.745. The van der Waals surface area contributed by atoms with Gasteiger partial charge in [-0.15, -0.1) is 0 Å². The number of carbonyl (C=O) groups is 1. The fourth-order valence-electron chi connectivity index (χ4n) is 0.666. The van der Waals surface area contributed by atoms with E-state index in [9.17, 15) is 19.7 Å². The number of nitro groups is 1. The molecule has 64 valence electrons. The fourth-order valence-corrected chi connectivity index (χ4v) is 0.666. The first-order chi connectivity index (χ1) is 5.52. The summed E-state index contributed by atoms with van der Waals surface area (Å²) in [6.45, 7) is 0. The van der Waals surface area contributed by atoms with Crippen LogP contribution in [0.25, 0.3) is 0 Å². The lowest BCUT2D eigenvalue weighted by Gasteiger charge is -1.89. The van der Waals surface area contributed by atoms with Gasteiger partial charge in [0.2, 0.25) is 5.69 Å². The fraction of sp³-hybridized carbons (Fsp3) is 0. The number of rotatable bonds is 2. The van der Waals surface area contributed by atoms with Crippen LogP contribution in [0.15, 0.2) is 4.79 Å². The Hall–Kier alpha value is -2.12. The third-order valence-corrected chi connectivity index (χ3v) is 1.10. The largest absolute Gasteiger partial charge is 0.476 e. The maximum Gasteiger partial charge on any atom is 0.411 e. The zero-order chi connectivity index (χ0) is 9.30. The molecule has 8 heteroatoms. The second-order valence-electron chi connectivity index (χ2n) is 1.86. The first kappa shape index (κ1) is 7.98. The van der Waals surface area contributed by atoms with Crippen molar-refractivity contribution in [1.29, 1.82) is 0 Å². The van der Waals surface area contributed by atoms with Crippen LogP contribution in [0.4, 0.5) is 5.82 Å². The molecular formula is C4H3N3O5. The normalized spacial score (nSPS) is 9.67. The molecule has 1 heterocycles. The Bertz CT molecular complexity index is 353. The minimum Gasteiger partial charge on any atom is -0.476 e. The molecule has 0 saturated carbocycles. The van der Waals surface area contributed by atoms with E-state index in [0.29, 0.717) is 0 Å². The van der Waals surface area contributed by atoms with E-state index in [1.165, 1.54) is 0 Å². The summed E-state index contributed by atoms with van der Waals surface area (Å²) in [5, 5.41) is 18.4. The SMILES string of the molecule is O=C(O)c1[nH]c(=O)[nH]c1[N+](=O)[O-]. The number of nitrogens with one attached hydrogen (secondary N) is 2. The zero-order valence-electron chi connectivity index (χ0n) is 5.53. The van der Waals surface area contributed by atoms with Gasteiger partial charge in [-0.05, 0) is 4.92 Å². The minimum atomic E-state index is -1.56. The highest BCUT2D eigenvalue weighted by atomic mass is 16.6. The Kier molecular flexibility index (Phi) is 1.66. The van der Waals surface area contributed by atoms with Crippen LogP contribution >= 0.6 is 0 Å². The maximum atomic E-state index is 10.4. The number of aromatic nitrogens is 2. The maximum absolute atomic E-state index is 10.4. The van der Waals surface area contributed by atoms with Gasteiger partial charge in [-0.3, -0.25) is 4.98 Å². The van der Waals surface area contributed by atoms with E-state index in [0.717, 1.165) is 0 Å².